The van der Waals surface area contributed by atoms with E-state index in [9.17, 15) is 9.18 Å². The lowest BCUT2D eigenvalue weighted by molar-refractivity contribution is 0.0748. The molecule has 3 aromatic carbocycles. The number of aryl methyl sites for hydroxylation is 1. The predicted molar refractivity (Wildman–Crippen MR) is 114 cm³/mol. The number of hydrazone groups is 1. The second-order valence-electron chi connectivity index (χ2n) is 6.64. The fraction of sp³-hybridized carbons (Fsp3) is 0.130. The van der Waals surface area contributed by atoms with Crippen LogP contribution in [0.1, 0.15) is 32.4 Å². The minimum absolute atomic E-state index is 0.200. The molecule has 1 heterocycles. The van der Waals surface area contributed by atoms with Crippen molar-refractivity contribution in [3.63, 3.8) is 0 Å². The molecule has 0 aliphatic carbocycles. The van der Waals surface area contributed by atoms with Crippen molar-refractivity contribution in [3.05, 3.63) is 101 Å². The smallest absolute Gasteiger partial charge is 0.275 e. The van der Waals surface area contributed by atoms with E-state index in [2.05, 4.69) is 5.10 Å². The minimum atomic E-state index is -0.390. The molecule has 1 atom stereocenters. The molecule has 0 fully saturated rings. The van der Waals surface area contributed by atoms with Gasteiger partial charge in [-0.25, -0.2) is 9.40 Å². The van der Waals surface area contributed by atoms with Crippen molar-refractivity contribution in [1.82, 2.24) is 5.01 Å². The number of methoxy groups -OCH3 is 1. The molecule has 0 saturated heterocycles. The lowest BCUT2D eigenvalue weighted by Gasteiger charge is -2.22. The van der Waals surface area contributed by atoms with Crippen molar-refractivity contribution in [1.29, 1.82) is 0 Å². The Morgan fingerprint density at radius 2 is 1.83 bits per heavy atom. The fourth-order valence-electron chi connectivity index (χ4n) is 3.18. The van der Waals surface area contributed by atoms with Gasteiger partial charge in [-0.05, 0) is 49.4 Å². The van der Waals surface area contributed by atoms with Gasteiger partial charge in [0.2, 0.25) is 0 Å². The average molecular weight is 406 g/mol. The number of thioether (sulfide) groups is 1. The van der Waals surface area contributed by atoms with Crippen LogP contribution in [0.4, 0.5) is 4.39 Å². The largest absolute Gasteiger partial charge is 0.496 e. The highest BCUT2D eigenvalue weighted by Gasteiger charge is 2.36. The van der Waals surface area contributed by atoms with Crippen molar-refractivity contribution in [2.75, 3.05) is 7.11 Å². The Kier molecular flexibility index (Phi) is 5.36. The number of nitrogens with zero attached hydrogens (tertiary/aromatic N) is 2. The monoisotopic (exact) mass is 406 g/mol. The highest BCUT2D eigenvalue weighted by Crippen LogP contribution is 2.45. The normalized spacial score (nSPS) is 15.9. The van der Waals surface area contributed by atoms with Crippen LogP contribution in [0.3, 0.4) is 0 Å². The predicted octanol–water partition coefficient (Wildman–Crippen LogP) is 5.39. The zero-order valence-electron chi connectivity index (χ0n) is 16.0. The third-order valence-electron chi connectivity index (χ3n) is 4.61. The zero-order chi connectivity index (χ0) is 20.4. The summed E-state index contributed by atoms with van der Waals surface area (Å²) >= 11 is 1.44. The van der Waals surface area contributed by atoms with Crippen LogP contribution in [0.25, 0.3) is 0 Å². The molecule has 1 amide bonds. The summed E-state index contributed by atoms with van der Waals surface area (Å²) in [7, 11) is 1.60. The van der Waals surface area contributed by atoms with Gasteiger partial charge in [0.1, 0.15) is 22.0 Å². The van der Waals surface area contributed by atoms with Crippen LogP contribution >= 0.6 is 11.8 Å². The fourth-order valence-corrected chi connectivity index (χ4v) is 4.36. The van der Waals surface area contributed by atoms with E-state index >= 15 is 0 Å². The standard InChI is InChI=1S/C23H19FN2O2S/c1-15-6-5-7-17(14-15)22(27)26-23(19-8-3-4-9-20(19)28-2)29-21(25-26)16-10-12-18(24)13-11-16/h3-14,23H,1-2H3. The first-order valence-corrected chi connectivity index (χ1v) is 9.99. The number of halogens is 1. The van der Waals surface area contributed by atoms with Crippen molar-refractivity contribution in [2.45, 2.75) is 12.3 Å². The molecule has 0 saturated carbocycles. The molecule has 0 spiro atoms. The molecular formula is C23H19FN2O2S. The van der Waals surface area contributed by atoms with E-state index in [4.69, 9.17) is 4.74 Å². The zero-order valence-corrected chi connectivity index (χ0v) is 16.8. The first kappa shape index (κ1) is 19.2. The van der Waals surface area contributed by atoms with Crippen LogP contribution in [0.2, 0.25) is 0 Å². The maximum atomic E-state index is 13.4. The van der Waals surface area contributed by atoms with Crippen LogP contribution in [-0.2, 0) is 0 Å². The molecule has 3 aromatic rings. The molecule has 0 N–H and O–H groups in total. The van der Waals surface area contributed by atoms with Gasteiger partial charge in [0, 0.05) is 16.7 Å². The van der Waals surface area contributed by atoms with Gasteiger partial charge < -0.3 is 4.74 Å². The van der Waals surface area contributed by atoms with Gasteiger partial charge in [-0.1, -0.05) is 47.7 Å². The summed E-state index contributed by atoms with van der Waals surface area (Å²) in [5.74, 6) is 0.170. The van der Waals surface area contributed by atoms with E-state index in [0.29, 0.717) is 16.4 Å². The maximum absolute atomic E-state index is 13.4. The van der Waals surface area contributed by atoms with Crippen LogP contribution in [-0.4, -0.2) is 23.1 Å². The highest BCUT2D eigenvalue weighted by atomic mass is 32.2. The van der Waals surface area contributed by atoms with Crippen molar-refractivity contribution < 1.29 is 13.9 Å². The summed E-state index contributed by atoms with van der Waals surface area (Å²) in [6.07, 6.45) is 0. The molecule has 1 aliphatic rings. The van der Waals surface area contributed by atoms with Crippen molar-refractivity contribution in [2.24, 2.45) is 5.10 Å². The molecule has 1 unspecified atom stereocenters. The molecule has 1 aliphatic heterocycles. The first-order chi connectivity index (χ1) is 14.1. The molecule has 0 aromatic heterocycles. The van der Waals surface area contributed by atoms with Crippen LogP contribution in [0.15, 0.2) is 77.9 Å². The van der Waals surface area contributed by atoms with Crippen molar-refractivity contribution >= 4 is 22.7 Å². The van der Waals surface area contributed by atoms with Crippen LogP contribution in [0.5, 0.6) is 5.75 Å². The number of amides is 1. The van der Waals surface area contributed by atoms with Gasteiger partial charge in [-0.3, -0.25) is 4.79 Å². The minimum Gasteiger partial charge on any atom is -0.496 e. The molecule has 146 valence electrons. The van der Waals surface area contributed by atoms with E-state index < -0.39 is 0 Å². The summed E-state index contributed by atoms with van der Waals surface area (Å²) < 4.78 is 18.9. The number of carbonyl (C=O) groups excluding carboxylic acids is 1. The number of hydrogen-bond acceptors (Lipinski definition) is 4. The van der Waals surface area contributed by atoms with E-state index in [1.807, 2.05) is 49.4 Å². The van der Waals surface area contributed by atoms with Gasteiger partial charge in [0.15, 0.2) is 0 Å². The van der Waals surface area contributed by atoms with E-state index in [1.54, 1.807) is 25.3 Å². The SMILES string of the molecule is COc1ccccc1C1SC(c2ccc(F)cc2)=NN1C(=O)c1cccc(C)c1. The van der Waals surface area contributed by atoms with E-state index in [1.165, 1.54) is 28.9 Å². The Hall–Kier alpha value is -3.12. The molecule has 0 radical (unpaired) electrons. The average Bonchev–Trinajstić information content (AvgIpc) is 3.19. The summed E-state index contributed by atoms with van der Waals surface area (Å²) in [4.78, 5) is 13.3. The summed E-state index contributed by atoms with van der Waals surface area (Å²) in [6.45, 7) is 1.94. The molecule has 4 nitrogen and oxygen atoms in total. The number of para-hydroxylation sites is 1. The van der Waals surface area contributed by atoms with Gasteiger partial charge >= 0.3 is 0 Å². The van der Waals surface area contributed by atoms with Crippen LogP contribution in [0, 0.1) is 12.7 Å². The number of hydrogen-bond donors (Lipinski definition) is 0. The quantitative estimate of drug-likeness (QED) is 0.583. The van der Waals surface area contributed by atoms with Gasteiger partial charge in [-0.2, -0.15) is 5.10 Å². The second-order valence-corrected chi connectivity index (χ2v) is 7.71. The number of ether oxygens (including phenoxy) is 1. The number of benzene rings is 3. The second kappa shape index (κ2) is 8.09. The summed E-state index contributed by atoms with van der Waals surface area (Å²) in [5.41, 5.74) is 3.17. The topological polar surface area (TPSA) is 41.9 Å². The van der Waals surface area contributed by atoms with Gasteiger partial charge in [0.05, 0.1) is 7.11 Å². The van der Waals surface area contributed by atoms with E-state index in [0.717, 1.165) is 16.7 Å². The Labute approximate surface area is 173 Å². The summed E-state index contributed by atoms with van der Waals surface area (Å²) in [5, 5.41) is 6.36. The molecule has 29 heavy (non-hydrogen) atoms. The number of carbonyl (C=O) groups is 1. The van der Waals surface area contributed by atoms with Crippen LogP contribution < -0.4 is 4.74 Å². The third kappa shape index (κ3) is 3.89. The molecule has 0 bridgehead atoms. The molecule has 4 rings (SSSR count). The summed E-state index contributed by atoms with van der Waals surface area (Å²) in [6, 6.07) is 21.1. The maximum Gasteiger partial charge on any atom is 0.275 e. The number of rotatable bonds is 4. The third-order valence-corrected chi connectivity index (χ3v) is 5.83. The molecule has 6 heteroatoms. The Balaban J connectivity index is 1.77. The van der Waals surface area contributed by atoms with Crippen molar-refractivity contribution in [3.8, 4) is 5.75 Å². The Bertz CT molecular complexity index is 1080. The first-order valence-electron chi connectivity index (χ1n) is 9.11. The van der Waals surface area contributed by atoms with E-state index in [-0.39, 0.29) is 17.1 Å². The van der Waals surface area contributed by atoms with Gasteiger partial charge in [0.25, 0.3) is 5.91 Å². The lowest BCUT2D eigenvalue weighted by Crippen LogP contribution is -2.26. The Morgan fingerprint density at radius 1 is 1.07 bits per heavy atom. The molecular weight excluding hydrogens is 387 g/mol. The lowest BCUT2D eigenvalue weighted by atomic mass is 10.1. The Morgan fingerprint density at radius 3 is 2.55 bits per heavy atom. The highest BCUT2D eigenvalue weighted by molar-refractivity contribution is 8.14. The van der Waals surface area contributed by atoms with Gasteiger partial charge in [-0.15, -0.1) is 0 Å².